The van der Waals surface area contributed by atoms with Crippen LogP contribution in [0.3, 0.4) is 0 Å². The van der Waals surface area contributed by atoms with Crippen molar-refractivity contribution in [3.05, 3.63) is 0 Å². The van der Waals surface area contributed by atoms with Crippen molar-refractivity contribution < 1.29 is 17.9 Å². The minimum atomic E-state index is -4.28. The van der Waals surface area contributed by atoms with Gasteiger partial charge in [0.2, 0.25) is 0 Å². The Morgan fingerprint density at radius 2 is 1.81 bits per heavy atom. The van der Waals surface area contributed by atoms with Crippen LogP contribution < -0.4 is 5.32 Å². The zero-order valence-corrected chi connectivity index (χ0v) is 13.6. The molecule has 1 fully saturated rings. The predicted octanol–water partition coefficient (Wildman–Crippen LogP) is 4.68. The van der Waals surface area contributed by atoms with E-state index < -0.39 is 17.9 Å². The van der Waals surface area contributed by atoms with Gasteiger partial charge < -0.3 is 10.1 Å². The molecule has 0 radical (unpaired) electrons. The molecular weight excluding hydrogens is 279 g/mol. The van der Waals surface area contributed by atoms with E-state index in [9.17, 15) is 13.2 Å². The van der Waals surface area contributed by atoms with Gasteiger partial charge in [-0.25, -0.2) is 0 Å². The summed E-state index contributed by atoms with van der Waals surface area (Å²) >= 11 is 0. The Hall–Kier alpha value is -0.290. The highest BCUT2D eigenvalue weighted by molar-refractivity contribution is 4.90. The Morgan fingerprint density at radius 1 is 1.19 bits per heavy atom. The van der Waals surface area contributed by atoms with E-state index in [0.717, 1.165) is 52.0 Å². The van der Waals surface area contributed by atoms with Gasteiger partial charge in [0.15, 0.2) is 6.10 Å². The maximum absolute atomic E-state index is 12.8. The minimum Gasteiger partial charge on any atom is -0.361 e. The van der Waals surface area contributed by atoms with Crippen LogP contribution in [-0.4, -0.2) is 31.0 Å². The number of nitrogens with one attached hydrogen (secondary N) is 1. The third-order valence-electron chi connectivity index (χ3n) is 4.48. The maximum atomic E-state index is 12.8. The van der Waals surface area contributed by atoms with Crippen LogP contribution in [0, 0.1) is 5.92 Å². The quantitative estimate of drug-likeness (QED) is 0.657. The van der Waals surface area contributed by atoms with Gasteiger partial charge in [0.05, 0.1) is 5.60 Å². The summed E-state index contributed by atoms with van der Waals surface area (Å²) in [6, 6.07) is 0. The normalized spacial score (nSPS) is 28.6. The monoisotopic (exact) mass is 309 g/mol. The first-order chi connectivity index (χ1) is 9.83. The van der Waals surface area contributed by atoms with Crippen LogP contribution in [0.15, 0.2) is 0 Å². The Bertz CT molecular complexity index is 286. The number of ether oxygens (including phenoxy) is 1. The first-order valence-corrected chi connectivity index (χ1v) is 8.28. The fourth-order valence-electron chi connectivity index (χ4n) is 3.17. The van der Waals surface area contributed by atoms with E-state index in [1.54, 1.807) is 0 Å². The van der Waals surface area contributed by atoms with Crippen molar-refractivity contribution in [3.8, 4) is 0 Å². The molecule has 0 bridgehead atoms. The van der Waals surface area contributed by atoms with Crippen LogP contribution in [0.2, 0.25) is 0 Å². The second-order valence-corrected chi connectivity index (χ2v) is 6.39. The van der Waals surface area contributed by atoms with Gasteiger partial charge in [-0.3, -0.25) is 0 Å². The van der Waals surface area contributed by atoms with Gasteiger partial charge in [-0.05, 0) is 51.5 Å². The first kappa shape index (κ1) is 18.8. The largest absolute Gasteiger partial charge is 0.414 e. The molecule has 0 aromatic carbocycles. The molecule has 0 aliphatic heterocycles. The molecule has 1 aliphatic rings. The molecule has 0 amide bonds. The van der Waals surface area contributed by atoms with Crippen molar-refractivity contribution in [2.24, 2.45) is 5.92 Å². The summed E-state index contributed by atoms with van der Waals surface area (Å²) in [5.41, 5.74) is -0.644. The van der Waals surface area contributed by atoms with E-state index in [-0.39, 0.29) is 0 Å². The van der Waals surface area contributed by atoms with Crippen LogP contribution in [0.5, 0.6) is 0 Å². The smallest absolute Gasteiger partial charge is 0.361 e. The lowest BCUT2D eigenvalue weighted by Crippen LogP contribution is -2.50. The summed E-state index contributed by atoms with van der Waals surface area (Å²) in [6.45, 7) is 6.69. The number of halogens is 3. The summed E-state index contributed by atoms with van der Waals surface area (Å²) in [5, 5.41) is 3.26. The van der Waals surface area contributed by atoms with E-state index >= 15 is 0 Å². The second-order valence-electron chi connectivity index (χ2n) is 6.39. The average molecular weight is 309 g/mol. The number of rotatable bonds is 8. The van der Waals surface area contributed by atoms with Crippen molar-refractivity contribution in [1.82, 2.24) is 5.32 Å². The molecule has 0 aromatic rings. The van der Waals surface area contributed by atoms with Gasteiger partial charge in [-0.1, -0.05) is 26.7 Å². The van der Waals surface area contributed by atoms with Crippen LogP contribution in [0.25, 0.3) is 0 Å². The van der Waals surface area contributed by atoms with Crippen molar-refractivity contribution in [2.75, 3.05) is 13.1 Å². The lowest BCUT2D eigenvalue weighted by molar-refractivity contribution is -0.252. The Morgan fingerprint density at radius 3 is 2.29 bits per heavy atom. The highest BCUT2D eigenvalue weighted by atomic mass is 19.4. The molecule has 0 aromatic heterocycles. The van der Waals surface area contributed by atoms with Crippen LogP contribution >= 0.6 is 0 Å². The van der Waals surface area contributed by atoms with Gasteiger partial charge in [0.1, 0.15) is 0 Å². The highest BCUT2D eigenvalue weighted by Gasteiger charge is 2.44. The maximum Gasteiger partial charge on any atom is 0.414 e. The molecular formula is C16H30F3NO. The molecule has 5 heteroatoms. The second kappa shape index (κ2) is 8.37. The van der Waals surface area contributed by atoms with E-state index in [2.05, 4.69) is 19.2 Å². The van der Waals surface area contributed by atoms with Crippen molar-refractivity contribution >= 4 is 0 Å². The Balaban J connectivity index is 2.64. The lowest BCUT2D eigenvalue weighted by atomic mass is 9.77. The van der Waals surface area contributed by atoms with Crippen molar-refractivity contribution in [2.45, 2.75) is 83.6 Å². The van der Waals surface area contributed by atoms with Gasteiger partial charge in [-0.15, -0.1) is 0 Å². The van der Waals surface area contributed by atoms with Crippen LogP contribution in [0.4, 0.5) is 13.2 Å². The van der Waals surface area contributed by atoms with E-state index in [4.69, 9.17) is 4.74 Å². The number of hydrogen-bond donors (Lipinski definition) is 1. The number of hydrogen-bond acceptors (Lipinski definition) is 2. The number of alkyl halides is 3. The van der Waals surface area contributed by atoms with Crippen molar-refractivity contribution in [3.63, 3.8) is 0 Å². The van der Waals surface area contributed by atoms with E-state index in [0.29, 0.717) is 12.5 Å². The third kappa shape index (κ3) is 6.15. The van der Waals surface area contributed by atoms with Gasteiger partial charge in [0, 0.05) is 6.54 Å². The molecule has 1 unspecified atom stereocenters. The summed E-state index contributed by atoms with van der Waals surface area (Å²) in [6.07, 6.45) is 0.742. The minimum absolute atomic E-state index is 0.528. The molecule has 1 rings (SSSR count). The molecule has 1 saturated carbocycles. The molecule has 0 saturated heterocycles. The first-order valence-electron chi connectivity index (χ1n) is 8.28. The summed E-state index contributed by atoms with van der Waals surface area (Å²) in [5.74, 6) is 0.652. The fourth-order valence-corrected chi connectivity index (χ4v) is 3.17. The summed E-state index contributed by atoms with van der Waals surface area (Å²) in [7, 11) is 0. The zero-order valence-electron chi connectivity index (χ0n) is 13.6. The van der Waals surface area contributed by atoms with Crippen molar-refractivity contribution in [1.29, 1.82) is 0 Å². The van der Waals surface area contributed by atoms with Gasteiger partial charge >= 0.3 is 6.18 Å². The van der Waals surface area contributed by atoms with E-state index in [1.807, 2.05) is 0 Å². The Labute approximate surface area is 126 Å². The zero-order chi connectivity index (χ0) is 15.9. The Kier molecular flexibility index (Phi) is 7.48. The molecule has 0 spiro atoms. The molecule has 1 N–H and O–H groups in total. The van der Waals surface area contributed by atoms with Crippen LogP contribution in [-0.2, 0) is 4.74 Å². The molecule has 21 heavy (non-hydrogen) atoms. The lowest BCUT2D eigenvalue weighted by Gasteiger charge is -2.42. The predicted molar refractivity (Wildman–Crippen MR) is 79.4 cm³/mol. The van der Waals surface area contributed by atoms with E-state index in [1.165, 1.54) is 6.42 Å². The topological polar surface area (TPSA) is 21.3 Å². The van der Waals surface area contributed by atoms with Crippen LogP contribution in [0.1, 0.15) is 65.7 Å². The standard InChI is InChI=1S/C16H30F3NO/c1-4-6-14-7-9-15(10-8-14,12-20-11-5-2)21-13(3)16(17,18)19/h13-14,20H,4-12H2,1-3H3. The molecule has 126 valence electrons. The van der Waals surface area contributed by atoms with Gasteiger partial charge in [-0.2, -0.15) is 13.2 Å². The molecule has 1 atom stereocenters. The third-order valence-corrected chi connectivity index (χ3v) is 4.48. The SMILES string of the molecule is CCCNCC1(OC(C)C(F)(F)F)CCC(CCC)CC1. The summed E-state index contributed by atoms with van der Waals surface area (Å²) < 4.78 is 44.0. The molecule has 1 aliphatic carbocycles. The summed E-state index contributed by atoms with van der Waals surface area (Å²) in [4.78, 5) is 0. The molecule has 0 heterocycles. The average Bonchev–Trinajstić information content (AvgIpc) is 2.41. The highest BCUT2D eigenvalue weighted by Crippen LogP contribution is 2.39. The molecule has 2 nitrogen and oxygen atoms in total. The van der Waals surface area contributed by atoms with Gasteiger partial charge in [0.25, 0.3) is 0 Å². The fraction of sp³-hybridized carbons (Fsp3) is 1.00.